The Bertz CT molecular complexity index is 776. The van der Waals surface area contributed by atoms with Crippen LogP contribution in [-0.2, 0) is 11.3 Å². The zero-order valence-corrected chi connectivity index (χ0v) is 13.9. The molecule has 1 N–H and O–H groups in total. The van der Waals surface area contributed by atoms with E-state index < -0.39 is 17.3 Å². The van der Waals surface area contributed by atoms with Gasteiger partial charge in [0.25, 0.3) is 11.5 Å². The summed E-state index contributed by atoms with van der Waals surface area (Å²) in [5.74, 6) is -0.497. The molecule has 128 valence electrons. The van der Waals surface area contributed by atoms with Crippen molar-refractivity contribution in [2.24, 2.45) is 0 Å². The second kappa shape index (κ2) is 7.83. The van der Waals surface area contributed by atoms with Crippen LogP contribution in [0, 0.1) is 12.7 Å². The van der Waals surface area contributed by atoms with Crippen LogP contribution in [0.1, 0.15) is 28.8 Å². The van der Waals surface area contributed by atoms with Gasteiger partial charge in [0.1, 0.15) is 17.3 Å². The molecule has 1 amide bonds. The molecule has 0 aliphatic carbocycles. The van der Waals surface area contributed by atoms with Crippen molar-refractivity contribution < 1.29 is 13.9 Å². The molecule has 0 radical (unpaired) electrons. The molecule has 1 aromatic heterocycles. The molecule has 0 fully saturated rings. The van der Waals surface area contributed by atoms with Crippen LogP contribution in [-0.4, -0.2) is 40.5 Å². The third kappa shape index (κ3) is 4.26. The summed E-state index contributed by atoms with van der Waals surface area (Å²) in [5.41, 5.74) is 0.00185. The topological polar surface area (TPSA) is 75.3 Å². The van der Waals surface area contributed by atoms with E-state index >= 15 is 0 Å². The normalized spacial score (nSPS) is 12.0. The second-order valence-electron chi connectivity index (χ2n) is 5.54. The van der Waals surface area contributed by atoms with Crippen LogP contribution in [0.3, 0.4) is 0 Å². The first-order chi connectivity index (χ1) is 11.4. The number of H-pyrrole nitrogens is 1. The number of halogens is 1. The van der Waals surface area contributed by atoms with Gasteiger partial charge in [0.2, 0.25) is 0 Å². The van der Waals surface area contributed by atoms with Crippen LogP contribution in [0.5, 0.6) is 0 Å². The number of methoxy groups -OCH3 is 1. The van der Waals surface area contributed by atoms with Crippen LogP contribution >= 0.6 is 0 Å². The predicted molar refractivity (Wildman–Crippen MR) is 87.2 cm³/mol. The number of rotatable bonds is 6. The van der Waals surface area contributed by atoms with E-state index in [4.69, 9.17) is 4.74 Å². The Hall–Kier alpha value is -2.54. The average Bonchev–Trinajstić information content (AvgIpc) is 2.52. The molecule has 0 saturated heterocycles. The maximum atomic E-state index is 14.0. The highest BCUT2D eigenvalue weighted by atomic mass is 19.1. The van der Waals surface area contributed by atoms with E-state index in [-0.39, 0.29) is 24.9 Å². The average molecular weight is 333 g/mol. The number of benzene rings is 1. The molecule has 6 nitrogen and oxygen atoms in total. The number of amides is 1. The molecule has 2 aromatic rings. The Balaban J connectivity index is 2.36. The number of aromatic nitrogens is 2. The number of nitrogens with zero attached hydrogens (tertiary/aromatic N) is 2. The molecule has 0 bridgehead atoms. The Labute approximate surface area is 139 Å². The lowest BCUT2D eigenvalue weighted by molar-refractivity contribution is 0.0533. The van der Waals surface area contributed by atoms with Gasteiger partial charge in [0, 0.05) is 25.3 Å². The molecule has 24 heavy (non-hydrogen) atoms. The van der Waals surface area contributed by atoms with Crippen molar-refractivity contribution in [1.82, 2.24) is 14.9 Å². The van der Waals surface area contributed by atoms with Gasteiger partial charge < -0.3 is 14.6 Å². The third-order valence-corrected chi connectivity index (χ3v) is 3.58. The smallest absolute Gasteiger partial charge is 0.273 e. The number of aromatic amines is 1. The van der Waals surface area contributed by atoms with Crippen molar-refractivity contribution >= 4 is 5.91 Å². The van der Waals surface area contributed by atoms with Gasteiger partial charge in [-0.25, -0.2) is 9.37 Å². The summed E-state index contributed by atoms with van der Waals surface area (Å²) in [6, 6.07) is 7.08. The maximum Gasteiger partial charge on any atom is 0.273 e. The van der Waals surface area contributed by atoms with Crippen molar-refractivity contribution in [1.29, 1.82) is 0 Å². The van der Waals surface area contributed by atoms with Crippen LogP contribution in [0.2, 0.25) is 0 Å². The summed E-state index contributed by atoms with van der Waals surface area (Å²) in [4.78, 5) is 32.4. The number of aryl methyl sites for hydroxylation is 1. The summed E-state index contributed by atoms with van der Waals surface area (Å²) in [5, 5.41) is 0. The molecule has 0 aliphatic heterocycles. The minimum Gasteiger partial charge on any atom is -0.383 e. The minimum absolute atomic E-state index is 0.0237. The van der Waals surface area contributed by atoms with Crippen molar-refractivity contribution in [2.45, 2.75) is 26.4 Å². The second-order valence-corrected chi connectivity index (χ2v) is 5.54. The fourth-order valence-electron chi connectivity index (χ4n) is 2.41. The fourth-order valence-corrected chi connectivity index (χ4v) is 2.41. The molecule has 0 unspecified atom stereocenters. The van der Waals surface area contributed by atoms with E-state index in [1.54, 1.807) is 32.0 Å². The van der Waals surface area contributed by atoms with Gasteiger partial charge in [0.15, 0.2) is 0 Å². The zero-order chi connectivity index (χ0) is 17.7. The number of carbonyl (C=O) groups is 1. The summed E-state index contributed by atoms with van der Waals surface area (Å²) in [6.07, 6.45) is 0. The molecule has 1 atom stereocenters. The lowest BCUT2D eigenvalue weighted by atomic mass is 10.1. The largest absolute Gasteiger partial charge is 0.383 e. The first-order valence-corrected chi connectivity index (χ1v) is 7.53. The van der Waals surface area contributed by atoms with Crippen molar-refractivity contribution in [3.05, 3.63) is 63.6 Å². The molecule has 1 aromatic carbocycles. The van der Waals surface area contributed by atoms with Gasteiger partial charge in [-0.05, 0) is 19.9 Å². The van der Waals surface area contributed by atoms with E-state index in [9.17, 15) is 14.0 Å². The fraction of sp³-hybridized carbons (Fsp3) is 0.353. The Morgan fingerprint density at radius 2 is 2.12 bits per heavy atom. The Morgan fingerprint density at radius 1 is 1.42 bits per heavy atom. The Morgan fingerprint density at radius 3 is 2.75 bits per heavy atom. The quantitative estimate of drug-likeness (QED) is 0.876. The molecule has 0 saturated carbocycles. The van der Waals surface area contributed by atoms with Crippen LogP contribution in [0.15, 0.2) is 35.1 Å². The standard InChI is InChI=1S/C17H20FN3O3/c1-11(10-24-3)21(9-13-6-4-5-7-14(13)18)17(23)15-8-16(22)20-12(2)19-15/h4-8,11H,9-10H2,1-3H3,(H,19,20,22)/t11-/m1/s1. The Kier molecular flexibility index (Phi) is 5.81. The van der Waals surface area contributed by atoms with E-state index in [0.717, 1.165) is 6.07 Å². The number of hydrogen-bond donors (Lipinski definition) is 1. The van der Waals surface area contributed by atoms with Crippen molar-refractivity contribution in [3.63, 3.8) is 0 Å². The first kappa shape index (κ1) is 17.8. The molecule has 7 heteroatoms. The van der Waals surface area contributed by atoms with Gasteiger partial charge in [-0.1, -0.05) is 18.2 Å². The van der Waals surface area contributed by atoms with E-state index in [0.29, 0.717) is 11.4 Å². The van der Waals surface area contributed by atoms with E-state index in [1.165, 1.54) is 18.1 Å². The molecule has 2 rings (SSSR count). The van der Waals surface area contributed by atoms with Crippen LogP contribution in [0.25, 0.3) is 0 Å². The maximum absolute atomic E-state index is 14.0. The highest BCUT2D eigenvalue weighted by Gasteiger charge is 2.24. The van der Waals surface area contributed by atoms with Gasteiger partial charge in [-0.3, -0.25) is 9.59 Å². The van der Waals surface area contributed by atoms with Crippen molar-refractivity contribution in [2.75, 3.05) is 13.7 Å². The number of nitrogens with one attached hydrogen (secondary N) is 1. The highest BCUT2D eigenvalue weighted by Crippen LogP contribution is 2.15. The van der Waals surface area contributed by atoms with E-state index in [1.807, 2.05) is 0 Å². The summed E-state index contributed by atoms with van der Waals surface area (Å²) >= 11 is 0. The zero-order valence-electron chi connectivity index (χ0n) is 13.9. The molecule has 0 spiro atoms. The third-order valence-electron chi connectivity index (χ3n) is 3.58. The number of hydrogen-bond acceptors (Lipinski definition) is 4. The number of ether oxygens (including phenoxy) is 1. The first-order valence-electron chi connectivity index (χ1n) is 7.53. The summed E-state index contributed by atoms with van der Waals surface area (Å²) < 4.78 is 19.1. The van der Waals surface area contributed by atoms with Crippen molar-refractivity contribution in [3.8, 4) is 0 Å². The predicted octanol–water partition coefficient (Wildman–Crippen LogP) is 1.89. The van der Waals surface area contributed by atoms with Gasteiger partial charge in [-0.15, -0.1) is 0 Å². The molecular weight excluding hydrogens is 313 g/mol. The molecule has 0 aliphatic rings. The van der Waals surface area contributed by atoms with Gasteiger partial charge in [-0.2, -0.15) is 0 Å². The lowest BCUT2D eigenvalue weighted by Gasteiger charge is -2.29. The monoisotopic (exact) mass is 333 g/mol. The highest BCUT2D eigenvalue weighted by molar-refractivity contribution is 5.92. The van der Waals surface area contributed by atoms with Gasteiger partial charge in [0.05, 0.1) is 12.6 Å². The minimum atomic E-state index is -0.447. The molecular formula is C17H20FN3O3. The van der Waals surface area contributed by atoms with Crippen LogP contribution in [0.4, 0.5) is 4.39 Å². The number of carbonyl (C=O) groups excluding carboxylic acids is 1. The lowest BCUT2D eigenvalue weighted by Crippen LogP contribution is -2.41. The summed E-state index contributed by atoms with van der Waals surface area (Å²) in [6.45, 7) is 3.73. The van der Waals surface area contributed by atoms with E-state index in [2.05, 4.69) is 9.97 Å². The summed E-state index contributed by atoms with van der Waals surface area (Å²) in [7, 11) is 1.53. The van der Waals surface area contributed by atoms with Crippen LogP contribution < -0.4 is 5.56 Å². The molecule has 1 heterocycles. The SMILES string of the molecule is COC[C@@H](C)N(Cc1ccccc1F)C(=O)c1cc(=O)[nH]c(C)n1. The van der Waals surface area contributed by atoms with Gasteiger partial charge >= 0.3 is 0 Å².